The highest BCUT2D eigenvalue weighted by Crippen LogP contribution is 2.49. The quantitative estimate of drug-likeness (QED) is 0.618. The highest BCUT2D eigenvalue weighted by Gasteiger charge is 2.32. The van der Waals surface area contributed by atoms with E-state index in [0.29, 0.717) is 0 Å². The number of hydrogen-bond acceptors (Lipinski definition) is 2. The molecule has 0 saturated carbocycles. The molecule has 1 rings (SSSR count). The summed E-state index contributed by atoms with van der Waals surface area (Å²) in [6.45, 7) is 7.00. The third kappa shape index (κ3) is 2.32. The molecule has 0 amide bonds. The van der Waals surface area contributed by atoms with Crippen molar-refractivity contribution in [1.29, 1.82) is 0 Å². The first-order valence-electron chi connectivity index (χ1n) is 4.61. The molecule has 0 N–H and O–H groups in total. The molecule has 3 atom stereocenters. The molecule has 0 spiro atoms. The summed E-state index contributed by atoms with van der Waals surface area (Å²) in [6.07, 6.45) is 4.14. The first-order valence-corrected chi connectivity index (χ1v) is 6.89. The Labute approximate surface area is 78.3 Å². The average Bonchev–Trinajstić information content (AvgIpc) is 2.34. The summed E-state index contributed by atoms with van der Waals surface area (Å²) in [5.41, 5.74) is 0. The molecular formula is C9H18S2. The lowest BCUT2D eigenvalue weighted by Crippen LogP contribution is -2.18. The van der Waals surface area contributed by atoms with Crippen molar-refractivity contribution in [1.82, 2.24) is 0 Å². The zero-order valence-electron chi connectivity index (χ0n) is 7.67. The molecule has 0 aromatic heterocycles. The minimum Gasteiger partial charge on any atom is -0.0904 e. The van der Waals surface area contributed by atoms with Crippen LogP contribution in [-0.4, -0.2) is 10.5 Å². The number of hydrogen-bond donors (Lipinski definition) is 0. The van der Waals surface area contributed by atoms with Crippen LogP contribution in [-0.2, 0) is 0 Å². The lowest BCUT2D eigenvalue weighted by atomic mass is 9.95. The van der Waals surface area contributed by atoms with Gasteiger partial charge in [0.15, 0.2) is 0 Å². The summed E-state index contributed by atoms with van der Waals surface area (Å²) in [4.78, 5) is 0. The smallest absolute Gasteiger partial charge is 0.0187 e. The minimum atomic E-state index is 0.893. The normalized spacial score (nSPS) is 37.9. The van der Waals surface area contributed by atoms with Crippen LogP contribution in [0.1, 0.15) is 40.0 Å². The molecule has 66 valence electrons. The van der Waals surface area contributed by atoms with Gasteiger partial charge >= 0.3 is 0 Å². The Morgan fingerprint density at radius 2 is 1.91 bits per heavy atom. The Balaban J connectivity index is 2.42. The van der Waals surface area contributed by atoms with Gasteiger partial charge in [-0.15, -0.1) is 0 Å². The van der Waals surface area contributed by atoms with Crippen molar-refractivity contribution in [3.8, 4) is 0 Å². The van der Waals surface area contributed by atoms with E-state index in [1.54, 1.807) is 0 Å². The molecule has 0 bridgehead atoms. The molecule has 2 heteroatoms. The Hall–Kier alpha value is 0.700. The van der Waals surface area contributed by atoms with Crippen LogP contribution in [0.25, 0.3) is 0 Å². The van der Waals surface area contributed by atoms with E-state index < -0.39 is 0 Å². The third-order valence-electron chi connectivity index (χ3n) is 2.44. The van der Waals surface area contributed by atoms with Gasteiger partial charge in [-0.1, -0.05) is 48.8 Å². The second-order valence-electron chi connectivity index (χ2n) is 3.30. The standard InChI is InChI=1S/C9H18S2/c1-4-6-8-7(3)10-11-9(8)5-2/h7-9H,4-6H2,1-3H3. The fourth-order valence-electron chi connectivity index (χ4n) is 1.73. The average molecular weight is 190 g/mol. The van der Waals surface area contributed by atoms with Gasteiger partial charge in [0.25, 0.3) is 0 Å². The van der Waals surface area contributed by atoms with Gasteiger partial charge < -0.3 is 0 Å². The zero-order valence-corrected chi connectivity index (χ0v) is 9.30. The fourth-order valence-corrected chi connectivity index (χ4v) is 5.48. The Morgan fingerprint density at radius 1 is 1.18 bits per heavy atom. The summed E-state index contributed by atoms with van der Waals surface area (Å²) in [7, 11) is 4.21. The first-order chi connectivity index (χ1) is 5.29. The zero-order chi connectivity index (χ0) is 8.27. The van der Waals surface area contributed by atoms with Crippen LogP contribution < -0.4 is 0 Å². The van der Waals surface area contributed by atoms with Gasteiger partial charge in [-0.3, -0.25) is 0 Å². The van der Waals surface area contributed by atoms with Crippen molar-refractivity contribution in [2.24, 2.45) is 5.92 Å². The van der Waals surface area contributed by atoms with Crippen LogP contribution in [0.2, 0.25) is 0 Å². The van der Waals surface area contributed by atoms with Crippen molar-refractivity contribution >= 4 is 21.6 Å². The van der Waals surface area contributed by atoms with E-state index in [1.165, 1.54) is 19.3 Å². The van der Waals surface area contributed by atoms with E-state index in [2.05, 4.69) is 42.4 Å². The van der Waals surface area contributed by atoms with E-state index in [9.17, 15) is 0 Å². The monoisotopic (exact) mass is 190 g/mol. The molecule has 1 heterocycles. The van der Waals surface area contributed by atoms with Crippen LogP contribution in [0.15, 0.2) is 0 Å². The molecular weight excluding hydrogens is 172 g/mol. The highest BCUT2D eigenvalue weighted by atomic mass is 33.1. The lowest BCUT2D eigenvalue weighted by Gasteiger charge is -2.18. The second kappa shape index (κ2) is 4.66. The van der Waals surface area contributed by atoms with Gasteiger partial charge in [0.2, 0.25) is 0 Å². The summed E-state index contributed by atoms with van der Waals surface area (Å²) in [6, 6.07) is 0. The molecule has 1 aliphatic heterocycles. The predicted octanol–water partition coefficient (Wildman–Crippen LogP) is 3.96. The third-order valence-corrected chi connectivity index (χ3v) is 6.12. The van der Waals surface area contributed by atoms with Gasteiger partial charge in [-0.25, -0.2) is 0 Å². The van der Waals surface area contributed by atoms with Gasteiger partial charge in [-0.05, 0) is 18.8 Å². The molecule has 0 radical (unpaired) electrons. The van der Waals surface area contributed by atoms with Crippen molar-refractivity contribution in [3.05, 3.63) is 0 Å². The van der Waals surface area contributed by atoms with E-state index in [0.717, 1.165) is 16.4 Å². The Bertz CT molecular complexity index is 114. The van der Waals surface area contributed by atoms with Crippen LogP contribution >= 0.6 is 21.6 Å². The van der Waals surface area contributed by atoms with Gasteiger partial charge in [0, 0.05) is 10.5 Å². The van der Waals surface area contributed by atoms with Gasteiger partial charge in [0.1, 0.15) is 0 Å². The Kier molecular flexibility index (Phi) is 4.14. The molecule has 1 fully saturated rings. The minimum absolute atomic E-state index is 0.893. The summed E-state index contributed by atoms with van der Waals surface area (Å²) in [5.74, 6) is 0.986. The highest BCUT2D eigenvalue weighted by molar-refractivity contribution is 8.77. The summed E-state index contributed by atoms with van der Waals surface area (Å²) < 4.78 is 0. The van der Waals surface area contributed by atoms with Gasteiger partial charge in [-0.2, -0.15) is 0 Å². The van der Waals surface area contributed by atoms with Crippen molar-refractivity contribution in [2.45, 2.75) is 50.5 Å². The second-order valence-corrected chi connectivity index (χ2v) is 6.19. The van der Waals surface area contributed by atoms with E-state index in [4.69, 9.17) is 0 Å². The van der Waals surface area contributed by atoms with E-state index >= 15 is 0 Å². The Morgan fingerprint density at radius 3 is 2.45 bits per heavy atom. The largest absolute Gasteiger partial charge is 0.0904 e. The molecule has 11 heavy (non-hydrogen) atoms. The predicted molar refractivity (Wildman–Crippen MR) is 57.1 cm³/mol. The topological polar surface area (TPSA) is 0 Å². The molecule has 0 nitrogen and oxygen atoms in total. The molecule has 0 aromatic rings. The molecule has 3 unspecified atom stereocenters. The van der Waals surface area contributed by atoms with Crippen LogP contribution in [0.3, 0.4) is 0 Å². The van der Waals surface area contributed by atoms with Crippen LogP contribution in [0.5, 0.6) is 0 Å². The maximum Gasteiger partial charge on any atom is 0.0187 e. The van der Waals surface area contributed by atoms with E-state index in [1.807, 2.05) is 0 Å². The maximum atomic E-state index is 2.38. The number of rotatable bonds is 3. The van der Waals surface area contributed by atoms with Crippen LogP contribution in [0.4, 0.5) is 0 Å². The fraction of sp³-hybridized carbons (Fsp3) is 1.00. The van der Waals surface area contributed by atoms with Crippen LogP contribution in [0, 0.1) is 5.92 Å². The van der Waals surface area contributed by atoms with Gasteiger partial charge in [0.05, 0.1) is 0 Å². The van der Waals surface area contributed by atoms with E-state index in [-0.39, 0.29) is 0 Å². The lowest BCUT2D eigenvalue weighted by molar-refractivity contribution is 0.458. The molecule has 0 aliphatic carbocycles. The van der Waals surface area contributed by atoms with Crippen molar-refractivity contribution < 1.29 is 0 Å². The van der Waals surface area contributed by atoms with Crippen molar-refractivity contribution in [3.63, 3.8) is 0 Å². The maximum absolute atomic E-state index is 2.38. The SMILES string of the molecule is CCCC1C(C)SSC1CC. The first kappa shape index (κ1) is 9.79. The summed E-state index contributed by atoms with van der Waals surface area (Å²) in [5, 5.41) is 1.83. The molecule has 0 aromatic carbocycles. The summed E-state index contributed by atoms with van der Waals surface area (Å²) >= 11 is 0. The van der Waals surface area contributed by atoms with Crippen molar-refractivity contribution in [2.75, 3.05) is 0 Å². The molecule has 1 saturated heterocycles. The molecule has 1 aliphatic rings.